The highest BCUT2D eigenvalue weighted by atomic mass is 16.5. The average molecular weight is 566 g/mol. The third-order valence-corrected chi connectivity index (χ3v) is 9.01. The van der Waals surface area contributed by atoms with Gasteiger partial charge >= 0.3 is 0 Å². The molecule has 1 aromatic carbocycles. The minimum Gasteiger partial charge on any atom is -0.507 e. The molecule has 2 fully saturated rings. The van der Waals surface area contributed by atoms with Gasteiger partial charge in [-0.05, 0) is 67.9 Å². The summed E-state index contributed by atoms with van der Waals surface area (Å²) in [6.45, 7) is 9.03. The summed E-state index contributed by atoms with van der Waals surface area (Å²) in [5.41, 5.74) is 17.4. The van der Waals surface area contributed by atoms with Gasteiger partial charge in [-0.15, -0.1) is 0 Å². The molecule has 1 aliphatic carbocycles. The number of H-pyrrole nitrogens is 1. The number of ether oxygens (including phenoxy) is 1. The van der Waals surface area contributed by atoms with Gasteiger partial charge in [0.05, 0.1) is 25.9 Å². The summed E-state index contributed by atoms with van der Waals surface area (Å²) in [6.07, 6.45) is 8.87. The zero-order valence-electron chi connectivity index (χ0n) is 24.5. The number of amides is 1. The molecule has 4 rings (SSSR count). The predicted molar refractivity (Wildman–Crippen MR) is 164 cm³/mol. The molecule has 9 nitrogen and oxygen atoms in total. The van der Waals surface area contributed by atoms with Gasteiger partial charge in [-0.3, -0.25) is 9.69 Å². The lowest BCUT2D eigenvalue weighted by atomic mass is 9.76. The number of nitrogen functional groups attached to an aromatic ring is 1. The Morgan fingerprint density at radius 1 is 1.29 bits per heavy atom. The van der Waals surface area contributed by atoms with Crippen molar-refractivity contribution in [3.63, 3.8) is 0 Å². The molecule has 224 valence electrons. The van der Waals surface area contributed by atoms with Gasteiger partial charge in [-0.2, -0.15) is 0 Å². The number of hydrogen-bond acceptors (Lipinski definition) is 7. The molecule has 4 atom stereocenters. The van der Waals surface area contributed by atoms with Gasteiger partial charge in [0.25, 0.3) is 0 Å². The molecule has 0 radical (unpaired) electrons. The van der Waals surface area contributed by atoms with Crippen molar-refractivity contribution in [1.29, 1.82) is 0 Å². The number of likely N-dealkylation sites (N-methyl/N-ethyl adjacent to an activating group) is 1. The summed E-state index contributed by atoms with van der Waals surface area (Å²) in [6, 6.07) is 7.15. The SMILES string of the molecule is C=CC(=O)N(C)C(CO)CC(CC)c1[nH]c(N)c(/C=C(\N)c2ccccc2O)c1C1CCCC(N2CCOCC2)C1. The van der Waals surface area contributed by atoms with Gasteiger partial charge < -0.3 is 36.3 Å². The molecule has 0 spiro atoms. The molecule has 2 aromatic rings. The highest BCUT2D eigenvalue weighted by Gasteiger charge is 2.34. The standard InChI is InChI=1S/C32H47N5O4/c1-4-21(17-24(20-38)36(3)29(40)5-2)31-30(22-9-8-10-23(18-22)37-13-15-41-16-14-37)26(32(34)35-31)19-27(33)25-11-6-7-12-28(25)39/h5-7,11-12,19,21-24,35,38-39H,2,4,8-10,13-18,20,33-34H2,1,3H3/b27-19-. The van der Waals surface area contributed by atoms with Crippen LogP contribution in [0.15, 0.2) is 36.9 Å². The van der Waals surface area contributed by atoms with Crippen molar-refractivity contribution in [2.75, 3.05) is 45.7 Å². The van der Waals surface area contributed by atoms with Crippen LogP contribution in [0.3, 0.4) is 0 Å². The number of aromatic amines is 1. The molecule has 4 unspecified atom stereocenters. The Labute approximate surface area is 243 Å². The second-order valence-corrected chi connectivity index (χ2v) is 11.4. The summed E-state index contributed by atoms with van der Waals surface area (Å²) in [5.74, 6) is 0.732. The van der Waals surface area contributed by atoms with E-state index in [1.807, 2.05) is 12.1 Å². The quantitative estimate of drug-likeness (QED) is 0.259. The van der Waals surface area contributed by atoms with Crippen molar-refractivity contribution in [1.82, 2.24) is 14.8 Å². The lowest BCUT2D eigenvalue weighted by Crippen LogP contribution is -2.45. The number of para-hydroxylation sites is 1. The predicted octanol–water partition coefficient (Wildman–Crippen LogP) is 4.01. The zero-order valence-corrected chi connectivity index (χ0v) is 24.5. The number of rotatable bonds is 11. The molecule has 41 heavy (non-hydrogen) atoms. The molecule has 1 aliphatic heterocycles. The van der Waals surface area contributed by atoms with Crippen LogP contribution in [-0.2, 0) is 9.53 Å². The van der Waals surface area contributed by atoms with Gasteiger partial charge in [0, 0.05) is 54.6 Å². The Bertz CT molecular complexity index is 1220. The number of nitrogens with one attached hydrogen (secondary N) is 1. The zero-order chi connectivity index (χ0) is 29.5. The van der Waals surface area contributed by atoms with E-state index in [1.165, 1.54) is 11.6 Å². The van der Waals surface area contributed by atoms with Crippen molar-refractivity contribution in [3.8, 4) is 5.75 Å². The number of benzene rings is 1. The molecule has 1 saturated heterocycles. The summed E-state index contributed by atoms with van der Waals surface area (Å²) in [4.78, 5) is 20.0. The Morgan fingerprint density at radius 2 is 2.02 bits per heavy atom. The van der Waals surface area contributed by atoms with Gasteiger partial charge in [-0.25, -0.2) is 0 Å². The van der Waals surface area contributed by atoms with Crippen LogP contribution >= 0.6 is 0 Å². The first-order valence-electron chi connectivity index (χ1n) is 14.9. The van der Waals surface area contributed by atoms with E-state index in [9.17, 15) is 15.0 Å². The average Bonchev–Trinajstić information content (AvgIpc) is 3.32. The molecule has 9 heteroatoms. The number of aliphatic hydroxyl groups is 1. The van der Waals surface area contributed by atoms with Crippen molar-refractivity contribution < 1.29 is 19.7 Å². The second-order valence-electron chi connectivity index (χ2n) is 11.4. The number of nitrogens with zero attached hydrogens (tertiary/aromatic N) is 2. The lowest BCUT2D eigenvalue weighted by molar-refractivity contribution is -0.127. The molecule has 1 saturated carbocycles. The third-order valence-electron chi connectivity index (χ3n) is 9.01. The number of carbonyl (C=O) groups is 1. The molecule has 1 aromatic heterocycles. The molecular weight excluding hydrogens is 518 g/mol. The lowest BCUT2D eigenvalue weighted by Gasteiger charge is -2.40. The molecular formula is C32H47N5O4. The Hall–Kier alpha value is -3.27. The van der Waals surface area contributed by atoms with Gasteiger partial charge in [0.1, 0.15) is 11.6 Å². The number of anilines is 1. The van der Waals surface area contributed by atoms with Gasteiger partial charge in [0.2, 0.25) is 5.91 Å². The van der Waals surface area contributed by atoms with E-state index in [0.29, 0.717) is 29.5 Å². The van der Waals surface area contributed by atoms with E-state index in [-0.39, 0.29) is 36.1 Å². The number of hydrogen-bond donors (Lipinski definition) is 5. The molecule has 0 bridgehead atoms. The summed E-state index contributed by atoms with van der Waals surface area (Å²) >= 11 is 0. The number of carbonyl (C=O) groups excluding carboxylic acids is 1. The number of aromatic nitrogens is 1. The van der Waals surface area contributed by atoms with Crippen LogP contribution in [0.25, 0.3) is 11.8 Å². The van der Waals surface area contributed by atoms with E-state index in [1.54, 1.807) is 30.1 Å². The van der Waals surface area contributed by atoms with Gasteiger partial charge in [-0.1, -0.05) is 32.1 Å². The number of morpholine rings is 1. The first kappa shape index (κ1) is 30.7. The fourth-order valence-electron chi connectivity index (χ4n) is 6.63. The summed E-state index contributed by atoms with van der Waals surface area (Å²) in [5, 5.41) is 20.7. The summed E-state index contributed by atoms with van der Waals surface area (Å²) in [7, 11) is 1.71. The maximum absolute atomic E-state index is 12.4. The van der Waals surface area contributed by atoms with E-state index in [0.717, 1.165) is 69.7 Å². The Balaban J connectivity index is 1.76. The Kier molecular flexibility index (Phi) is 10.5. The number of aliphatic hydroxyl groups excluding tert-OH is 1. The van der Waals surface area contributed by atoms with Crippen molar-refractivity contribution in [2.24, 2.45) is 5.73 Å². The van der Waals surface area contributed by atoms with E-state index < -0.39 is 0 Å². The third kappa shape index (κ3) is 6.97. The molecule has 2 heterocycles. The molecule has 7 N–H and O–H groups in total. The van der Waals surface area contributed by atoms with E-state index in [4.69, 9.17) is 16.2 Å². The minimum atomic E-state index is -0.361. The maximum atomic E-state index is 12.4. The van der Waals surface area contributed by atoms with Crippen LogP contribution in [0.2, 0.25) is 0 Å². The van der Waals surface area contributed by atoms with Crippen molar-refractivity contribution in [3.05, 3.63) is 59.3 Å². The number of aromatic hydroxyl groups is 1. The van der Waals surface area contributed by atoms with Gasteiger partial charge in [0.15, 0.2) is 0 Å². The van der Waals surface area contributed by atoms with Crippen LogP contribution in [0, 0.1) is 0 Å². The fourth-order valence-corrected chi connectivity index (χ4v) is 6.63. The highest BCUT2D eigenvalue weighted by Crippen LogP contribution is 2.44. The van der Waals surface area contributed by atoms with E-state index in [2.05, 4.69) is 23.4 Å². The number of phenols is 1. The Morgan fingerprint density at radius 3 is 2.68 bits per heavy atom. The first-order chi connectivity index (χ1) is 19.8. The van der Waals surface area contributed by atoms with Crippen LogP contribution < -0.4 is 11.5 Å². The normalized spacial score (nSPS) is 21.8. The van der Waals surface area contributed by atoms with Crippen LogP contribution in [0.1, 0.15) is 79.7 Å². The number of nitrogens with two attached hydrogens (primary N) is 2. The monoisotopic (exact) mass is 565 g/mol. The van der Waals surface area contributed by atoms with Crippen LogP contribution in [-0.4, -0.2) is 82.9 Å². The highest BCUT2D eigenvalue weighted by molar-refractivity contribution is 5.87. The smallest absolute Gasteiger partial charge is 0.246 e. The maximum Gasteiger partial charge on any atom is 0.246 e. The van der Waals surface area contributed by atoms with Crippen LogP contribution in [0.4, 0.5) is 5.82 Å². The summed E-state index contributed by atoms with van der Waals surface area (Å²) < 4.78 is 5.62. The first-order valence-corrected chi connectivity index (χ1v) is 14.9. The molecule has 1 amide bonds. The second kappa shape index (κ2) is 14.1. The largest absolute Gasteiger partial charge is 0.507 e. The van der Waals surface area contributed by atoms with Crippen LogP contribution in [0.5, 0.6) is 5.75 Å². The van der Waals surface area contributed by atoms with E-state index >= 15 is 0 Å². The van der Waals surface area contributed by atoms with Crippen molar-refractivity contribution in [2.45, 2.75) is 69.4 Å². The fraction of sp³-hybridized carbons (Fsp3) is 0.531. The minimum absolute atomic E-state index is 0.0294. The van der Waals surface area contributed by atoms with Crippen molar-refractivity contribution >= 4 is 23.5 Å². The molecule has 2 aliphatic rings. The topological polar surface area (TPSA) is 141 Å². The number of phenolic OH excluding ortho intramolecular Hbond substituents is 1.